The van der Waals surface area contributed by atoms with E-state index in [4.69, 9.17) is 9.95 Å². The maximum atomic E-state index is 10.7. The van der Waals surface area contributed by atoms with Gasteiger partial charge < -0.3 is 0 Å². The second-order valence-corrected chi connectivity index (χ2v) is 4.74. The molecular formula is C6H4IN2O3S+. The Labute approximate surface area is 88.3 Å². The Morgan fingerprint density at radius 1 is 1.46 bits per heavy atom. The summed E-state index contributed by atoms with van der Waals surface area (Å²) >= 11 is 1.76. The van der Waals surface area contributed by atoms with Crippen molar-refractivity contribution in [1.82, 2.24) is 0 Å². The molecule has 0 fully saturated rings. The lowest BCUT2D eigenvalue weighted by molar-refractivity contribution is 0.482. The fourth-order valence-electron chi connectivity index (χ4n) is 0.752. The van der Waals surface area contributed by atoms with Crippen molar-refractivity contribution in [3.8, 4) is 0 Å². The topological polar surface area (TPSA) is 82.5 Å². The standard InChI is InChI=1S/C6H3IN2O3S/c7-5-2-1-4(9-8)3-6(5)13(10,11)12/h1-3H/p+1. The molecule has 0 heterocycles. The van der Waals surface area contributed by atoms with Crippen molar-refractivity contribution in [3.63, 3.8) is 0 Å². The van der Waals surface area contributed by atoms with Crippen LogP contribution in [0.3, 0.4) is 0 Å². The molecule has 0 atom stereocenters. The molecular weight excluding hydrogens is 307 g/mol. The van der Waals surface area contributed by atoms with Gasteiger partial charge in [-0.05, 0) is 28.7 Å². The van der Waals surface area contributed by atoms with Gasteiger partial charge in [0.2, 0.25) is 5.39 Å². The third-order valence-corrected chi connectivity index (χ3v) is 3.51. The van der Waals surface area contributed by atoms with Crippen LogP contribution < -0.4 is 0 Å². The molecule has 0 bridgehead atoms. The van der Waals surface area contributed by atoms with E-state index in [2.05, 4.69) is 4.98 Å². The highest BCUT2D eigenvalue weighted by Crippen LogP contribution is 2.23. The van der Waals surface area contributed by atoms with Crippen LogP contribution in [0.15, 0.2) is 23.1 Å². The number of hydrogen-bond donors (Lipinski definition) is 1. The smallest absolute Gasteiger partial charge is 0.282 e. The first-order valence-electron chi connectivity index (χ1n) is 3.07. The van der Waals surface area contributed by atoms with Crippen molar-refractivity contribution < 1.29 is 13.0 Å². The molecule has 0 radical (unpaired) electrons. The second kappa shape index (κ2) is 3.57. The van der Waals surface area contributed by atoms with Gasteiger partial charge in [-0.15, -0.1) is 0 Å². The number of nitrogens with zero attached hydrogens (tertiary/aromatic N) is 2. The Hall–Kier alpha value is -0.720. The molecule has 1 aromatic rings. The van der Waals surface area contributed by atoms with E-state index < -0.39 is 10.1 Å². The summed E-state index contributed by atoms with van der Waals surface area (Å²) in [5.74, 6) is 0. The van der Waals surface area contributed by atoms with Crippen LogP contribution in [-0.2, 0) is 10.1 Å². The van der Waals surface area contributed by atoms with Crippen LogP contribution in [0.2, 0.25) is 0 Å². The van der Waals surface area contributed by atoms with Crippen LogP contribution in [0.1, 0.15) is 0 Å². The summed E-state index contributed by atoms with van der Waals surface area (Å²) in [5.41, 5.74) is 0.0769. The maximum absolute atomic E-state index is 10.7. The van der Waals surface area contributed by atoms with Crippen molar-refractivity contribution in [2.75, 3.05) is 0 Å². The summed E-state index contributed by atoms with van der Waals surface area (Å²) in [6.45, 7) is 0. The van der Waals surface area contributed by atoms with E-state index in [1.54, 1.807) is 22.6 Å². The summed E-state index contributed by atoms with van der Waals surface area (Å²) in [6.07, 6.45) is 0. The van der Waals surface area contributed by atoms with Crippen molar-refractivity contribution in [1.29, 1.82) is 5.39 Å². The summed E-state index contributed by atoms with van der Waals surface area (Å²) < 4.78 is 30.6. The fourth-order valence-corrected chi connectivity index (χ4v) is 2.51. The van der Waals surface area contributed by atoms with Crippen LogP contribution in [0.5, 0.6) is 0 Å². The van der Waals surface area contributed by atoms with Gasteiger partial charge in [0.05, 0.1) is 6.07 Å². The van der Waals surface area contributed by atoms with Crippen molar-refractivity contribution >= 4 is 38.4 Å². The molecule has 5 nitrogen and oxygen atoms in total. The van der Waals surface area contributed by atoms with E-state index in [0.29, 0.717) is 3.57 Å². The quantitative estimate of drug-likeness (QED) is 0.489. The van der Waals surface area contributed by atoms with E-state index >= 15 is 0 Å². The molecule has 1 N–H and O–H groups in total. The average Bonchev–Trinajstić information content (AvgIpc) is 2.03. The SMILES string of the molecule is N#[N+]c1ccc(I)c(S(=O)(=O)O)c1. The molecule has 0 unspecified atom stereocenters. The third kappa shape index (κ3) is 2.36. The van der Waals surface area contributed by atoms with Crippen LogP contribution in [0.25, 0.3) is 4.98 Å². The summed E-state index contributed by atoms with van der Waals surface area (Å²) in [6, 6.07) is 3.94. The molecule has 0 aliphatic carbocycles. The zero-order valence-corrected chi connectivity index (χ0v) is 9.15. The van der Waals surface area contributed by atoms with Crippen LogP contribution in [0, 0.1) is 8.96 Å². The number of diazo groups is 1. The number of benzene rings is 1. The normalized spacial score (nSPS) is 10.8. The van der Waals surface area contributed by atoms with E-state index in [1.807, 2.05) is 0 Å². The Balaban J connectivity index is 3.47. The minimum Gasteiger partial charge on any atom is -0.282 e. The van der Waals surface area contributed by atoms with Crippen molar-refractivity contribution in [2.24, 2.45) is 0 Å². The lowest BCUT2D eigenvalue weighted by atomic mass is 10.3. The molecule has 1 rings (SSSR count). The molecule has 0 spiro atoms. The second-order valence-electron chi connectivity index (χ2n) is 2.19. The summed E-state index contributed by atoms with van der Waals surface area (Å²) in [5, 5.41) is 8.36. The first-order valence-corrected chi connectivity index (χ1v) is 5.59. The van der Waals surface area contributed by atoms with Gasteiger partial charge in [-0.25, -0.2) is 0 Å². The van der Waals surface area contributed by atoms with Gasteiger partial charge in [0.25, 0.3) is 10.1 Å². The van der Waals surface area contributed by atoms with Crippen molar-refractivity contribution in [3.05, 3.63) is 26.7 Å². The monoisotopic (exact) mass is 311 g/mol. The van der Waals surface area contributed by atoms with E-state index in [9.17, 15) is 8.42 Å². The van der Waals surface area contributed by atoms with Gasteiger partial charge in [0.1, 0.15) is 4.90 Å². The van der Waals surface area contributed by atoms with Gasteiger partial charge in [-0.2, -0.15) is 8.42 Å². The predicted octanol–water partition coefficient (Wildman–Crippen LogP) is 2.02. The fraction of sp³-hybridized carbons (Fsp3) is 0. The summed E-state index contributed by atoms with van der Waals surface area (Å²) in [7, 11) is -4.24. The molecule has 7 heteroatoms. The Morgan fingerprint density at radius 2 is 2.08 bits per heavy atom. The maximum Gasteiger partial charge on any atom is 0.386 e. The van der Waals surface area contributed by atoms with Gasteiger partial charge in [0, 0.05) is 9.64 Å². The zero-order valence-electron chi connectivity index (χ0n) is 6.18. The van der Waals surface area contributed by atoms with Gasteiger partial charge >= 0.3 is 5.69 Å². The minimum absolute atomic E-state index is 0.0769. The number of hydrogen-bond acceptors (Lipinski definition) is 3. The van der Waals surface area contributed by atoms with Gasteiger partial charge in [0.15, 0.2) is 4.98 Å². The molecule has 68 valence electrons. The van der Waals surface area contributed by atoms with Crippen LogP contribution >= 0.6 is 22.6 Å². The molecule has 0 saturated carbocycles. The van der Waals surface area contributed by atoms with E-state index in [0.717, 1.165) is 6.07 Å². The predicted molar refractivity (Wildman–Crippen MR) is 53.7 cm³/mol. The zero-order chi connectivity index (χ0) is 10.1. The molecule has 0 aliphatic heterocycles. The Bertz CT molecular complexity index is 477. The van der Waals surface area contributed by atoms with E-state index in [-0.39, 0.29) is 10.6 Å². The van der Waals surface area contributed by atoms with Crippen LogP contribution in [-0.4, -0.2) is 13.0 Å². The molecule has 13 heavy (non-hydrogen) atoms. The lowest BCUT2D eigenvalue weighted by Gasteiger charge is -1.96. The first kappa shape index (κ1) is 10.4. The highest BCUT2D eigenvalue weighted by Gasteiger charge is 2.18. The third-order valence-electron chi connectivity index (χ3n) is 1.31. The lowest BCUT2D eigenvalue weighted by Crippen LogP contribution is -2.00. The highest BCUT2D eigenvalue weighted by molar-refractivity contribution is 14.1. The van der Waals surface area contributed by atoms with E-state index in [1.165, 1.54) is 12.1 Å². The molecule has 0 amide bonds. The Morgan fingerprint density at radius 3 is 2.54 bits per heavy atom. The molecule has 0 aliphatic rings. The number of halogens is 1. The Kier molecular flexibility index (Phi) is 2.84. The van der Waals surface area contributed by atoms with Gasteiger partial charge in [-0.1, -0.05) is 0 Å². The van der Waals surface area contributed by atoms with Gasteiger partial charge in [-0.3, -0.25) is 4.55 Å². The molecule has 1 aromatic carbocycles. The minimum atomic E-state index is -4.24. The molecule has 0 aromatic heterocycles. The van der Waals surface area contributed by atoms with Crippen LogP contribution in [0.4, 0.5) is 5.69 Å². The molecule has 0 saturated heterocycles. The average molecular weight is 311 g/mol. The number of rotatable bonds is 1. The van der Waals surface area contributed by atoms with Crippen molar-refractivity contribution in [2.45, 2.75) is 4.90 Å². The first-order chi connectivity index (χ1) is 5.95. The summed E-state index contributed by atoms with van der Waals surface area (Å²) in [4.78, 5) is 2.55. The highest BCUT2D eigenvalue weighted by atomic mass is 127. The largest absolute Gasteiger partial charge is 0.386 e.